The first-order valence-corrected chi connectivity index (χ1v) is 5.59. The van der Waals surface area contributed by atoms with E-state index in [-0.39, 0.29) is 12.4 Å². The van der Waals surface area contributed by atoms with Crippen molar-refractivity contribution in [3.63, 3.8) is 0 Å². The number of hydrogen-bond acceptors (Lipinski definition) is 4. The normalized spacial score (nSPS) is 10.2. The summed E-state index contributed by atoms with van der Waals surface area (Å²) in [7, 11) is 0. The maximum absolute atomic E-state index is 12.0. The predicted molar refractivity (Wildman–Crippen MR) is 67.0 cm³/mol. The average Bonchev–Trinajstić information content (AvgIpc) is 2.74. The first-order chi connectivity index (χ1) is 9.06. The Labute approximate surface area is 109 Å². The zero-order valence-corrected chi connectivity index (χ0v) is 10.2. The standard InChI is InChI=1S/C13H12N2O4/c1-8-7-19-13(14-8)15-12(18)10-5-3-2-4-9(10)6-11(16)17/h2-5,7H,6H2,1H3,(H,16,17)(H,14,15,18). The molecule has 1 amide bonds. The molecule has 1 heterocycles. The van der Waals surface area contributed by atoms with Gasteiger partial charge in [-0.25, -0.2) is 0 Å². The van der Waals surface area contributed by atoms with E-state index in [0.29, 0.717) is 16.8 Å². The number of carboxylic acid groups (broad SMARTS) is 1. The molecule has 0 bridgehead atoms. The second kappa shape index (κ2) is 5.34. The summed E-state index contributed by atoms with van der Waals surface area (Å²) in [6.07, 6.45) is 1.20. The van der Waals surface area contributed by atoms with Crippen LogP contribution >= 0.6 is 0 Å². The smallest absolute Gasteiger partial charge is 0.307 e. The van der Waals surface area contributed by atoms with E-state index in [1.807, 2.05) is 0 Å². The molecule has 2 N–H and O–H groups in total. The molecular weight excluding hydrogens is 248 g/mol. The summed E-state index contributed by atoms with van der Waals surface area (Å²) in [4.78, 5) is 26.7. The zero-order chi connectivity index (χ0) is 13.8. The molecule has 1 aromatic heterocycles. The fraction of sp³-hybridized carbons (Fsp3) is 0.154. The first-order valence-electron chi connectivity index (χ1n) is 5.59. The molecule has 0 aliphatic carbocycles. The number of rotatable bonds is 4. The Morgan fingerprint density at radius 1 is 1.37 bits per heavy atom. The second-order valence-corrected chi connectivity index (χ2v) is 3.98. The molecule has 0 spiro atoms. The average molecular weight is 260 g/mol. The van der Waals surface area contributed by atoms with Crippen molar-refractivity contribution in [3.8, 4) is 0 Å². The van der Waals surface area contributed by atoms with Crippen molar-refractivity contribution in [2.75, 3.05) is 5.32 Å². The summed E-state index contributed by atoms with van der Waals surface area (Å²) < 4.78 is 5.02. The Morgan fingerprint density at radius 2 is 2.11 bits per heavy atom. The van der Waals surface area contributed by atoms with Crippen LogP contribution in [0.2, 0.25) is 0 Å². The maximum atomic E-state index is 12.0. The van der Waals surface area contributed by atoms with Crippen LogP contribution in [-0.4, -0.2) is 22.0 Å². The van der Waals surface area contributed by atoms with Gasteiger partial charge in [-0.2, -0.15) is 4.98 Å². The summed E-state index contributed by atoms with van der Waals surface area (Å²) in [5.74, 6) is -1.44. The summed E-state index contributed by atoms with van der Waals surface area (Å²) in [6, 6.07) is 6.60. The number of amides is 1. The Hall–Kier alpha value is -2.63. The van der Waals surface area contributed by atoms with E-state index in [4.69, 9.17) is 9.52 Å². The van der Waals surface area contributed by atoms with Crippen molar-refractivity contribution in [1.29, 1.82) is 0 Å². The Morgan fingerprint density at radius 3 is 2.74 bits per heavy atom. The van der Waals surface area contributed by atoms with Crippen molar-refractivity contribution in [2.45, 2.75) is 13.3 Å². The third-order valence-electron chi connectivity index (χ3n) is 2.44. The highest BCUT2D eigenvalue weighted by atomic mass is 16.4. The van der Waals surface area contributed by atoms with Crippen LogP contribution in [0.5, 0.6) is 0 Å². The van der Waals surface area contributed by atoms with Gasteiger partial charge in [-0.05, 0) is 18.6 Å². The number of hydrogen-bond donors (Lipinski definition) is 2. The first kappa shape index (κ1) is 12.8. The number of carbonyl (C=O) groups is 2. The van der Waals surface area contributed by atoms with Crippen molar-refractivity contribution in [2.24, 2.45) is 0 Å². The summed E-state index contributed by atoms with van der Waals surface area (Å²) in [6.45, 7) is 1.73. The molecule has 0 saturated heterocycles. The van der Waals surface area contributed by atoms with Crippen LogP contribution in [0, 0.1) is 6.92 Å². The van der Waals surface area contributed by atoms with E-state index in [0.717, 1.165) is 0 Å². The van der Waals surface area contributed by atoms with E-state index >= 15 is 0 Å². The van der Waals surface area contributed by atoms with E-state index < -0.39 is 11.9 Å². The fourth-order valence-electron chi connectivity index (χ4n) is 1.63. The quantitative estimate of drug-likeness (QED) is 0.875. The minimum absolute atomic E-state index is 0.0904. The molecule has 2 rings (SSSR count). The Balaban J connectivity index is 2.21. The number of aliphatic carboxylic acids is 1. The minimum atomic E-state index is -0.993. The molecule has 0 radical (unpaired) electrons. The Kier molecular flexibility index (Phi) is 3.61. The number of aryl methyl sites for hydroxylation is 1. The fourth-order valence-corrected chi connectivity index (χ4v) is 1.63. The van der Waals surface area contributed by atoms with Gasteiger partial charge in [-0.1, -0.05) is 18.2 Å². The molecule has 19 heavy (non-hydrogen) atoms. The van der Waals surface area contributed by atoms with Crippen molar-refractivity contribution in [1.82, 2.24) is 4.98 Å². The molecule has 0 saturated carbocycles. The SMILES string of the molecule is Cc1coc(NC(=O)c2ccccc2CC(=O)O)n1. The number of carbonyl (C=O) groups excluding carboxylic acids is 1. The van der Waals surface area contributed by atoms with Crippen LogP contribution in [0.25, 0.3) is 0 Å². The topological polar surface area (TPSA) is 92.4 Å². The number of nitrogens with zero attached hydrogens (tertiary/aromatic N) is 1. The van der Waals surface area contributed by atoms with Crippen LogP contribution < -0.4 is 5.32 Å². The molecule has 1 aromatic carbocycles. The monoisotopic (exact) mass is 260 g/mol. The van der Waals surface area contributed by atoms with Gasteiger partial charge in [0.05, 0.1) is 12.1 Å². The number of aromatic nitrogens is 1. The lowest BCUT2D eigenvalue weighted by Gasteiger charge is -2.06. The molecule has 0 unspecified atom stereocenters. The summed E-state index contributed by atoms with van der Waals surface area (Å²) >= 11 is 0. The molecule has 98 valence electrons. The van der Waals surface area contributed by atoms with Gasteiger partial charge in [-0.3, -0.25) is 14.9 Å². The highest BCUT2D eigenvalue weighted by Crippen LogP contribution is 2.13. The largest absolute Gasteiger partial charge is 0.481 e. The van der Waals surface area contributed by atoms with Crippen molar-refractivity contribution < 1.29 is 19.1 Å². The van der Waals surface area contributed by atoms with E-state index in [2.05, 4.69) is 10.3 Å². The lowest BCUT2D eigenvalue weighted by atomic mass is 10.0. The minimum Gasteiger partial charge on any atom is -0.481 e. The number of nitrogens with one attached hydrogen (secondary N) is 1. The molecule has 0 atom stereocenters. The van der Waals surface area contributed by atoms with Gasteiger partial charge in [-0.15, -0.1) is 0 Å². The second-order valence-electron chi connectivity index (χ2n) is 3.98. The van der Waals surface area contributed by atoms with Crippen LogP contribution in [0.1, 0.15) is 21.6 Å². The van der Waals surface area contributed by atoms with E-state index in [1.165, 1.54) is 6.26 Å². The van der Waals surface area contributed by atoms with Gasteiger partial charge in [0.2, 0.25) is 0 Å². The summed E-state index contributed by atoms with van der Waals surface area (Å²) in [5, 5.41) is 11.3. The number of benzene rings is 1. The third-order valence-corrected chi connectivity index (χ3v) is 2.44. The van der Waals surface area contributed by atoms with Gasteiger partial charge in [0.15, 0.2) is 0 Å². The molecule has 6 heteroatoms. The predicted octanol–water partition coefficient (Wildman–Crippen LogP) is 1.86. The lowest BCUT2D eigenvalue weighted by molar-refractivity contribution is -0.136. The van der Waals surface area contributed by atoms with Crippen molar-refractivity contribution >= 4 is 17.9 Å². The van der Waals surface area contributed by atoms with Gasteiger partial charge in [0, 0.05) is 5.56 Å². The van der Waals surface area contributed by atoms with Crippen LogP contribution in [-0.2, 0) is 11.2 Å². The van der Waals surface area contributed by atoms with Crippen LogP contribution in [0.15, 0.2) is 34.9 Å². The molecule has 0 fully saturated rings. The van der Waals surface area contributed by atoms with E-state index in [1.54, 1.807) is 31.2 Å². The molecule has 0 aliphatic heterocycles. The van der Waals surface area contributed by atoms with Gasteiger partial charge in [0.1, 0.15) is 6.26 Å². The van der Waals surface area contributed by atoms with Gasteiger partial charge in [0.25, 0.3) is 5.91 Å². The maximum Gasteiger partial charge on any atom is 0.307 e. The molecular formula is C13H12N2O4. The third kappa shape index (κ3) is 3.19. The molecule has 2 aromatic rings. The van der Waals surface area contributed by atoms with Crippen molar-refractivity contribution in [3.05, 3.63) is 47.3 Å². The zero-order valence-electron chi connectivity index (χ0n) is 10.2. The van der Waals surface area contributed by atoms with Gasteiger partial charge < -0.3 is 9.52 Å². The van der Waals surface area contributed by atoms with Crippen LogP contribution in [0.3, 0.4) is 0 Å². The lowest BCUT2D eigenvalue weighted by Crippen LogP contribution is -2.16. The van der Waals surface area contributed by atoms with Gasteiger partial charge >= 0.3 is 12.0 Å². The molecule has 6 nitrogen and oxygen atoms in total. The number of carboxylic acids is 1. The number of oxazole rings is 1. The summed E-state index contributed by atoms with van der Waals surface area (Å²) in [5.41, 5.74) is 1.38. The molecule has 0 aliphatic rings. The van der Waals surface area contributed by atoms with E-state index in [9.17, 15) is 9.59 Å². The highest BCUT2D eigenvalue weighted by Gasteiger charge is 2.14. The highest BCUT2D eigenvalue weighted by molar-refractivity contribution is 6.04. The number of anilines is 1. The Bertz CT molecular complexity index is 619. The van der Waals surface area contributed by atoms with Crippen LogP contribution in [0.4, 0.5) is 6.01 Å².